The molecule has 4 aliphatic carbocycles. The van der Waals surface area contributed by atoms with Crippen molar-refractivity contribution in [1.29, 1.82) is 0 Å². The van der Waals surface area contributed by atoms with E-state index in [2.05, 4.69) is 55.8 Å². The van der Waals surface area contributed by atoms with E-state index < -0.39 is 23.7 Å². The summed E-state index contributed by atoms with van der Waals surface area (Å²) in [6.07, 6.45) is 17.2. The van der Waals surface area contributed by atoms with E-state index in [9.17, 15) is 15.3 Å². The molecule has 4 saturated carbocycles. The van der Waals surface area contributed by atoms with Crippen LogP contribution in [0.25, 0.3) is 0 Å². The predicted octanol–water partition coefficient (Wildman–Crippen LogP) is 5.75. The third-order valence-corrected chi connectivity index (χ3v) is 10.2. The van der Waals surface area contributed by atoms with Gasteiger partial charge in [-0.25, -0.2) is 0 Å². The van der Waals surface area contributed by atoms with Gasteiger partial charge in [-0.1, -0.05) is 57.2 Å². The third kappa shape index (κ3) is 5.12. The summed E-state index contributed by atoms with van der Waals surface area (Å²) in [4.78, 5) is 0. The van der Waals surface area contributed by atoms with Crippen molar-refractivity contribution in [1.82, 2.24) is 10.2 Å². The van der Waals surface area contributed by atoms with Crippen molar-refractivity contribution in [3.63, 3.8) is 0 Å². The largest absolute Gasteiger partial charge is 0.425 e. The minimum atomic E-state index is -0.646. The molecule has 3 N–H and O–H groups in total. The molecule has 0 aliphatic heterocycles. The molecule has 1 heterocycles. The van der Waals surface area contributed by atoms with E-state index in [1.54, 1.807) is 0 Å². The molecular formula is C32H46N2O4. The maximum Gasteiger partial charge on any atom is 0.225 e. The Labute approximate surface area is 227 Å². The first kappa shape index (κ1) is 27.5. The molecule has 38 heavy (non-hydrogen) atoms. The zero-order valence-corrected chi connectivity index (χ0v) is 23.4. The summed E-state index contributed by atoms with van der Waals surface area (Å²) < 4.78 is 5.90. The summed E-state index contributed by atoms with van der Waals surface area (Å²) in [5, 5.41) is 39.9. The molecule has 0 aromatic carbocycles. The Bertz CT molecular complexity index is 1110. The summed E-state index contributed by atoms with van der Waals surface area (Å²) in [7, 11) is 0. The van der Waals surface area contributed by atoms with Crippen LogP contribution >= 0.6 is 0 Å². The Balaban J connectivity index is 1.27. The average molecular weight is 523 g/mol. The average Bonchev–Trinajstić information content (AvgIpc) is 3.42. The van der Waals surface area contributed by atoms with Gasteiger partial charge in [-0.2, -0.15) is 0 Å². The maximum atomic E-state index is 11.1. The van der Waals surface area contributed by atoms with E-state index in [1.165, 1.54) is 31.3 Å². The number of aryl methyl sites for hydroxylation is 1. The SMILES string of the molecule is C=C1C(=CC=C2CCC[C@]3(C)[C@@H]([C@H](C)C=C[C@H](O)C4(c5nnc(CCC)o5)CC4)CC[C@@H]23)C[C@@H](O)C[C@@H]1O. The highest BCUT2D eigenvalue weighted by molar-refractivity contribution is 5.38. The van der Waals surface area contributed by atoms with Gasteiger partial charge in [0.2, 0.25) is 11.8 Å². The van der Waals surface area contributed by atoms with Crippen molar-refractivity contribution < 1.29 is 19.7 Å². The first-order chi connectivity index (χ1) is 18.2. The highest BCUT2D eigenvalue weighted by Crippen LogP contribution is 2.60. The Hall–Kier alpha value is -2.02. The van der Waals surface area contributed by atoms with E-state index in [4.69, 9.17) is 4.42 Å². The maximum absolute atomic E-state index is 11.1. The zero-order valence-electron chi connectivity index (χ0n) is 23.4. The fourth-order valence-electron chi connectivity index (χ4n) is 7.75. The van der Waals surface area contributed by atoms with E-state index in [-0.39, 0.29) is 5.41 Å². The molecule has 1 aromatic rings. The van der Waals surface area contributed by atoms with Crippen molar-refractivity contribution in [2.75, 3.05) is 0 Å². The number of aliphatic hydroxyl groups excluding tert-OH is 3. The van der Waals surface area contributed by atoms with Crippen LogP contribution in [0.4, 0.5) is 0 Å². The van der Waals surface area contributed by atoms with E-state index in [1.807, 2.05) is 6.08 Å². The lowest BCUT2D eigenvalue weighted by atomic mass is 9.61. The second kappa shape index (κ2) is 10.9. The molecule has 6 heteroatoms. The number of allylic oxidation sites excluding steroid dienone is 4. The van der Waals surface area contributed by atoms with E-state index >= 15 is 0 Å². The van der Waals surface area contributed by atoms with Gasteiger partial charge in [0.1, 0.15) is 0 Å². The number of aliphatic hydroxyl groups is 3. The van der Waals surface area contributed by atoms with Crippen LogP contribution in [0, 0.1) is 23.2 Å². The van der Waals surface area contributed by atoms with Gasteiger partial charge in [-0.3, -0.25) is 0 Å². The monoisotopic (exact) mass is 522 g/mol. The van der Waals surface area contributed by atoms with Crippen LogP contribution in [0.1, 0.15) is 96.8 Å². The normalized spacial score (nSPS) is 36.6. The molecule has 0 radical (unpaired) electrons. The second-order valence-corrected chi connectivity index (χ2v) is 12.8. The molecule has 5 rings (SSSR count). The standard InChI is InChI=1S/C32H46N2O4/c1-5-7-29-33-34-30(38-29)32(16-17-32)28(37)14-9-20(2)25-12-13-26-22(8-6-15-31(25,26)4)10-11-23-18-24(35)19-27(36)21(23)3/h9-11,14,20,24-28,35-37H,3,5-8,12-13,15-19H2,1-2,4H3/t20-,24-,25-,26+,27+,28+,31-/m1/s1. The lowest BCUT2D eigenvalue weighted by molar-refractivity contribution is 0.0862. The topological polar surface area (TPSA) is 99.6 Å². The zero-order chi connectivity index (χ0) is 27.1. The smallest absolute Gasteiger partial charge is 0.225 e. The Kier molecular flexibility index (Phi) is 7.87. The summed E-state index contributed by atoms with van der Waals surface area (Å²) in [6, 6.07) is 0. The fourth-order valence-corrected chi connectivity index (χ4v) is 7.75. The minimum Gasteiger partial charge on any atom is -0.425 e. The molecule has 4 aliphatic rings. The van der Waals surface area contributed by atoms with Gasteiger partial charge < -0.3 is 19.7 Å². The van der Waals surface area contributed by atoms with Gasteiger partial charge >= 0.3 is 0 Å². The quantitative estimate of drug-likeness (QED) is 0.376. The molecule has 208 valence electrons. The molecule has 0 bridgehead atoms. The van der Waals surface area contributed by atoms with Crippen molar-refractivity contribution in [2.24, 2.45) is 23.2 Å². The molecule has 7 atom stereocenters. The lowest BCUT2D eigenvalue weighted by Crippen LogP contribution is -2.35. The van der Waals surface area contributed by atoms with Crippen LogP contribution in [0.15, 0.2) is 52.0 Å². The predicted molar refractivity (Wildman–Crippen MR) is 148 cm³/mol. The number of nitrogens with zero attached hydrogens (tertiary/aromatic N) is 2. The van der Waals surface area contributed by atoms with E-state index in [0.717, 1.165) is 43.3 Å². The van der Waals surface area contributed by atoms with E-state index in [0.29, 0.717) is 42.4 Å². The first-order valence-corrected chi connectivity index (χ1v) is 14.8. The molecule has 0 spiro atoms. The van der Waals surface area contributed by atoms with Gasteiger partial charge in [0, 0.05) is 12.8 Å². The van der Waals surface area contributed by atoms with Crippen LogP contribution in [0.3, 0.4) is 0 Å². The van der Waals surface area contributed by atoms with Crippen LogP contribution in [0.5, 0.6) is 0 Å². The van der Waals surface area contributed by atoms with Gasteiger partial charge in [0.15, 0.2) is 0 Å². The number of fused-ring (bicyclic) bond motifs is 1. The molecule has 0 unspecified atom stereocenters. The van der Waals surface area contributed by atoms with Gasteiger partial charge in [-0.15, -0.1) is 10.2 Å². The summed E-state index contributed by atoms with van der Waals surface area (Å²) in [5.74, 6) is 2.75. The van der Waals surface area contributed by atoms with Crippen LogP contribution < -0.4 is 0 Å². The Morgan fingerprint density at radius 2 is 1.92 bits per heavy atom. The summed E-state index contributed by atoms with van der Waals surface area (Å²) >= 11 is 0. The number of rotatable bonds is 8. The molecule has 4 fully saturated rings. The van der Waals surface area contributed by atoms with Crippen LogP contribution in [-0.4, -0.2) is 43.8 Å². The first-order valence-electron chi connectivity index (χ1n) is 14.8. The Morgan fingerprint density at radius 3 is 2.66 bits per heavy atom. The molecule has 0 amide bonds. The molecular weight excluding hydrogens is 476 g/mol. The number of hydrogen-bond donors (Lipinski definition) is 3. The molecule has 1 aromatic heterocycles. The van der Waals surface area contributed by atoms with Crippen molar-refractivity contribution in [3.8, 4) is 0 Å². The van der Waals surface area contributed by atoms with Crippen LogP contribution in [0.2, 0.25) is 0 Å². The highest BCUT2D eigenvalue weighted by atomic mass is 16.4. The summed E-state index contributed by atoms with van der Waals surface area (Å²) in [6.45, 7) is 10.9. The molecule has 6 nitrogen and oxygen atoms in total. The van der Waals surface area contributed by atoms with Crippen molar-refractivity contribution >= 4 is 0 Å². The number of hydrogen-bond acceptors (Lipinski definition) is 6. The molecule has 0 saturated heterocycles. The van der Waals surface area contributed by atoms with Gasteiger partial charge in [0.25, 0.3) is 0 Å². The Morgan fingerprint density at radius 1 is 1.13 bits per heavy atom. The fraction of sp³-hybridized carbons (Fsp3) is 0.688. The van der Waals surface area contributed by atoms with Crippen molar-refractivity contribution in [3.05, 3.63) is 59.4 Å². The lowest BCUT2D eigenvalue weighted by Gasteiger charge is -2.44. The minimum absolute atomic E-state index is 0.235. The summed E-state index contributed by atoms with van der Waals surface area (Å²) in [5.41, 5.74) is 3.06. The van der Waals surface area contributed by atoms with Crippen LogP contribution in [-0.2, 0) is 11.8 Å². The second-order valence-electron chi connectivity index (χ2n) is 12.8. The third-order valence-electron chi connectivity index (χ3n) is 10.2. The van der Waals surface area contributed by atoms with Gasteiger partial charge in [0.05, 0.1) is 23.7 Å². The van der Waals surface area contributed by atoms with Gasteiger partial charge in [-0.05, 0) is 92.1 Å². The highest BCUT2D eigenvalue weighted by Gasteiger charge is 2.54. The number of aromatic nitrogens is 2. The van der Waals surface area contributed by atoms with Crippen molar-refractivity contribution in [2.45, 2.75) is 115 Å².